The number of nitrogens with two attached hydrogens (primary N) is 1. The van der Waals surface area contributed by atoms with E-state index >= 15 is 0 Å². The summed E-state index contributed by atoms with van der Waals surface area (Å²) in [5.74, 6) is -0.168. The zero-order valence-corrected chi connectivity index (χ0v) is 26.4. The van der Waals surface area contributed by atoms with Crippen LogP contribution in [0.15, 0.2) is 48.6 Å². The third-order valence-corrected chi connectivity index (χ3v) is 10.6. The van der Waals surface area contributed by atoms with Crippen LogP contribution in [0.4, 0.5) is 5.69 Å². The minimum Gasteiger partial charge on any atom is -0.487 e. The number of aryl methyl sites for hydroxylation is 1. The molecule has 1 heterocycles. The molecule has 0 aromatic heterocycles. The van der Waals surface area contributed by atoms with Gasteiger partial charge in [-0.3, -0.25) is 0 Å². The fourth-order valence-electron chi connectivity index (χ4n) is 6.23. The Morgan fingerprint density at radius 3 is 2.65 bits per heavy atom. The van der Waals surface area contributed by atoms with Crippen molar-refractivity contribution in [3.63, 3.8) is 0 Å². The van der Waals surface area contributed by atoms with Crippen LogP contribution < -0.4 is 14.8 Å². The Hall–Kier alpha value is -2.63. The summed E-state index contributed by atoms with van der Waals surface area (Å²) in [5, 5.41) is 26.1. The number of carboxylic acid groups (broad SMARTS) is 1. The number of aromatic carboxylic acids is 1. The Morgan fingerprint density at radius 2 is 2.00 bits per heavy atom. The third kappa shape index (κ3) is 8.51. The number of sulfonamides is 1. The Labute approximate surface area is 259 Å². The molecular weight excluding hydrogens is 592 g/mol. The number of ether oxygens (including phenoxy) is 2. The van der Waals surface area contributed by atoms with Gasteiger partial charge in [0.05, 0.1) is 23.5 Å². The summed E-state index contributed by atoms with van der Waals surface area (Å²) in [5.41, 5.74) is 3.15. The number of aliphatic hydroxyl groups excluding tert-OH is 1. The van der Waals surface area contributed by atoms with Gasteiger partial charge in [-0.15, -0.1) is 0 Å². The molecule has 0 spiro atoms. The minimum atomic E-state index is -3.75. The molecule has 4 N–H and O–H groups in total. The average molecular weight is 635 g/mol. The number of fused-ring (bicyclic) bond motifs is 2. The van der Waals surface area contributed by atoms with Crippen molar-refractivity contribution in [1.29, 1.82) is 0 Å². The van der Waals surface area contributed by atoms with E-state index in [0.29, 0.717) is 43.3 Å². The number of rotatable bonds is 11. The van der Waals surface area contributed by atoms with Crippen LogP contribution in [0.5, 0.6) is 5.75 Å². The first kappa shape index (κ1) is 33.3. The van der Waals surface area contributed by atoms with Crippen molar-refractivity contribution < 1.29 is 32.9 Å². The van der Waals surface area contributed by atoms with Gasteiger partial charge in [-0.05, 0) is 98.2 Å². The molecule has 0 bridgehead atoms. The maximum atomic E-state index is 12.0. The summed E-state index contributed by atoms with van der Waals surface area (Å²) in [6, 6.07) is 10.8. The molecule has 0 amide bonds. The van der Waals surface area contributed by atoms with Crippen molar-refractivity contribution in [3.05, 3.63) is 70.3 Å². The molecule has 4 rings (SSSR count). The molecule has 1 saturated carbocycles. The lowest BCUT2D eigenvalue weighted by molar-refractivity contribution is 0.0456. The summed E-state index contributed by atoms with van der Waals surface area (Å²) in [4.78, 5) is 14.1. The summed E-state index contributed by atoms with van der Waals surface area (Å²) < 4.78 is 35.6. The third-order valence-electron chi connectivity index (χ3n) is 8.84. The molecule has 0 saturated heterocycles. The standard InChI is InChI=1S/C32H43ClN2O7S/c1-3-31(43(34,39)40)30(41-2)9-6-8-28(36)26-14-11-23(26)19-35-16-5-4-7-21-17-25(33)13-10-24(21)20-42-29-15-12-22(32(37)38)18-27(29)35/h6,8,10,12-13,15,17-18,23,26,28,30-31,36H,3-5,7,9,11,14,16,19-20H2,1-2H3,(H,37,38)(H2,34,39,40)/b8-6+/t23-,26+,28-,30-,31+/m0/s1. The lowest BCUT2D eigenvalue weighted by Crippen LogP contribution is -2.43. The molecule has 236 valence electrons. The Balaban J connectivity index is 1.50. The summed E-state index contributed by atoms with van der Waals surface area (Å²) in [6.45, 7) is 3.47. The summed E-state index contributed by atoms with van der Waals surface area (Å²) in [7, 11) is -2.29. The number of benzene rings is 2. The van der Waals surface area contributed by atoms with E-state index in [1.807, 2.05) is 18.2 Å². The smallest absolute Gasteiger partial charge is 0.335 e. The molecule has 2 aromatic carbocycles. The SMILES string of the molecule is CC[C@H]([C@H](C/C=C/[C@H](O)[C@@H]1CC[C@H]1CN1CCCCc2cc(Cl)ccc2COc2ccc(C(=O)O)cc21)OC)S(N)(=O)=O. The number of carboxylic acids is 1. The van der Waals surface area contributed by atoms with Crippen molar-refractivity contribution in [2.24, 2.45) is 17.0 Å². The predicted molar refractivity (Wildman–Crippen MR) is 168 cm³/mol. The number of hydrogen-bond donors (Lipinski definition) is 3. The number of anilines is 1. The second kappa shape index (κ2) is 14.9. The summed E-state index contributed by atoms with van der Waals surface area (Å²) >= 11 is 6.27. The Bertz CT molecular complexity index is 1400. The molecule has 2 aliphatic rings. The minimum absolute atomic E-state index is 0.0223. The van der Waals surface area contributed by atoms with E-state index in [2.05, 4.69) is 4.90 Å². The first-order valence-corrected chi connectivity index (χ1v) is 16.9. The van der Waals surface area contributed by atoms with E-state index < -0.39 is 33.5 Å². The molecule has 0 radical (unpaired) electrons. The fourth-order valence-corrected chi connectivity index (χ4v) is 7.53. The van der Waals surface area contributed by atoms with Crippen molar-refractivity contribution in [2.45, 2.75) is 75.9 Å². The lowest BCUT2D eigenvalue weighted by Gasteiger charge is -2.42. The van der Waals surface area contributed by atoms with Crippen LogP contribution in [-0.2, 0) is 27.8 Å². The van der Waals surface area contributed by atoms with E-state index in [-0.39, 0.29) is 17.4 Å². The van der Waals surface area contributed by atoms with Gasteiger partial charge in [-0.2, -0.15) is 0 Å². The Morgan fingerprint density at radius 1 is 1.21 bits per heavy atom. The molecule has 1 aliphatic carbocycles. The second-order valence-corrected chi connectivity index (χ2v) is 13.8. The van der Waals surface area contributed by atoms with Crippen LogP contribution in [0.3, 0.4) is 0 Å². The Kier molecular flexibility index (Phi) is 11.5. The lowest BCUT2D eigenvalue weighted by atomic mass is 9.70. The van der Waals surface area contributed by atoms with Gasteiger partial charge in [-0.25, -0.2) is 18.4 Å². The highest BCUT2D eigenvalue weighted by atomic mass is 35.5. The van der Waals surface area contributed by atoms with E-state index in [9.17, 15) is 23.4 Å². The molecule has 1 aliphatic heterocycles. The molecule has 9 nitrogen and oxygen atoms in total. The zero-order valence-electron chi connectivity index (χ0n) is 24.8. The van der Waals surface area contributed by atoms with Gasteiger partial charge in [0.15, 0.2) is 0 Å². The molecule has 5 atom stereocenters. The highest BCUT2D eigenvalue weighted by Crippen LogP contribution is 2.41. The van der Waals surface area contributed by atoms with E-state index in [0.717, 1.165) is 48.9 Å². The van der Waals surface area contributed by atoms with Crippen LogP contribution >= 0.6 is 11.6 Å². The van der Waals surface area contributed by atoms with Crippen LogP contribution in [0.2, 0.25) is 5.02 Å². The monoisotopic (exact) mass is 634 g/mol. The number of hydrogen-bond acceptors (Lipinski definition) is 7. The molecule has 43 heavy (non-hydrogen) atoms. The average Bonchev–Trinajstić information content (AvgIpc) is 2.97. The second-order valence-electron chi connectivity index (χ2n) is 11.6. The molecular formula is C32H43ClN2O7S. The molecule has 2 aromatic rings. The number of primary sulfonamides is 1. The topological polar surface area (TPSA) is 139 Å². The van der Waals surface area contributed by atoms with E-state index in [1.165, 1.54) is 7.11 Å². The number of methoxy groups -OCH3 is 1. The largest absolute Gasteiger partial charge is 0.487 e. The highest BCUT2D eigenvalue weighted by molar-refractivity contribution is 7.89. The van der Waals surface area contributed by atoms with Gasteiger partial charge in [0.25, 0.3) is 0 Å². The molecule has 11 heteroatoms. The van der Waals surface area contributed by atoms with E-state index in [1.54, 1.807) is 37.3 Å². The predicted octanol–water partition coefficient (Wildman–Crippen LogP) is 5.18. The first-order chi connectivity index (χ1) is 20.5. The van der Waals surface area contributed by atoms with Crippen LogP contribution in [0.1, 0.15) is 66.9 Å². The fraction of sp³-hybridized carbons (Fsp3) is 0.531. The highest BCUT2D eigenvalue weighted by Gasteiger charge is 2.37. The van der Waals surface area contributed by atoms with Crippen molar-refractivity contribution in [3.8, 4) is 5.75 Å². The number of nitrogens with zero attached hydrogens (tertiary/aromatic N) is 1. The van der Waals surface area contributed by atoms with E-state index in [4.69, 9.17) is 26.2 Å². The van der Waals surface area contributed by atoms with Gasteiger partial charge >= 0.3 is 5.97 Å². The van der Waals surface area contributed by atoms with Gasteiger partial charge in [-0.1, -0.05) is 36.7 Å². The normalized spacial score (nSPS) is 21.5. The number of aliphatic hydroxyl groups is 1. The van der Waals surface area contributed by atoms with Crippen molar-refractivity contribution in [1.82, 2.24) is 0 Å². The molecule has 1 fully saturated rings. The number of carbonyl (C=O) groups is 1. The maximum absolute atomic E-state index is 12.0. The molecule has 0 unspecified atom stereocenters. The van der Waals surface area contributed by atoms with Crippen molar-refractivity contribution >= 4 is 33.3 Å². The summed E-state index contributed by atoms with van der Waals surface area (Å²) in [6.07, 6.45) is 7.37. The number of halogens is 1. The maximum Gasteiger partial charge on any atom is 0.335 e. The van der Waals surface area contributed by atoms with Crippen LogP contribution in [0, 0.1) is 11.8 Å². The van der Waals surface area contributed by atoms with Gasteiger partial charge in [0.2, 0.25) is 10.0 Å². The van der Waals surface area contributed by atoms with Gasteiger partial charge in [0.1, 0.15) is 17.6 Å². The van der Waals surface area contributed by atoms with Crippen molar-refractivity contribution in [2.75, 3.05) is 25.1 Å². The quantitative estimate of drug-likeness (QED) is 0.288. The van der Waals surface area contributed by atoms with Crippen LogP contribution in [0.25, 0.3) is 0 Å². The van der Waals surface area contributed by atoms with Crippen LogP contribution in [-0.4, -0.2) is 62.3 Å². The zero-order chi connectivity index (χ0) is 31.1. The van der Waals surface area contributed by atoms with Gasteiger partial charge < -0.3 is 24.6 Å². The van der Waals surface area contributed by atoms with Gasteiger partial charge in [0, 0.05) is 25.2 Å². The first-order valence-electron chi connectivity index (χ1n) is 14.9.